The van der Waals surface area contributed by atoms with Gasteiger partial charge in [0.05, 0.1) is 37.4 Å². The van der Waals surface area contributed by atoms with Crippen molar-refractivity contribution >= 4 is 17.9 Å². The highest BCUT2D eigenvalue weighted by atomic mass is 16.8. The number of rotatable bonds is 10. The Balaban J connectivity index is 0.988. The number of carbonyl (C=O) groups is 3. The molecule has 25 atom stereocenters. The van der Waals surface area contributed by atoms with Gasteiger partial charge in [0, 0.05) is 24.2 Å². The van der Waals surface area contributed by atoms with E-state index in [0.717, 1.165) is 19.3 Å². The number of esters is 2. The summed E-state index contributed by atoms with van der Waals surface area (Å²) in [5.41, 5.74) is -2.33. The molecule has 21 nitrogen and oxygen atoms in total. The maximum Gasteiger partial charge on any atom is 0.335 e. The van der Waals surface area contributed by atoms with Crippen LogP contribution in [0.3, 0.4) is 0 Å². The Morgan fingerprint density at radius 1 is 0.757 bits per heavy atom. The molecule has 0 aromatic rings. The number of hydrogen-bond donors (Lipinski definition) is 10. The monoisotopic (exact) mass is 998 g/mol. The molecule has 0 amide bonds. The van der Waals surface area contributed by atoms with Crippen LogP contribution in [0.4, 0.5) is 0 Å². The van der Waals surface area contributed by atoms with E-state index in [1.54, 1.807) is 0 Å². The topological polar surface area (TPSA) is 327 Å². The van der Waals surface area contributed by atoms with E-state index < -0.39 is 151 Å². The van der Waals surface area contributed by atoms with E-state index in [9.17, 15) is 65.4 Å². The average Bonchev–Trinajstić information content (AvgIpc) is 3.59. The lowest BCUT2D eigenvalue weighted by atomic mass is 9.33. The summed E-state index contributed by atoms with van der Waals surface area (Å²) in [6, 6.07) is 0. The predicted octanol–water partition coefficient (Wildman–Crippen LogP) is -0.598. The molecule has 9 rings (SSSR count). The number of aliphatic carboxylic acids is 1. The van der Waals surface area contributed by atoms with Crippen LogP contribution >= 0.6 is 0 Å². The average molecular weight is 999 g/mol. The molecule has 21 heteroatoms. The van der Waals surface area contributed by atoms with Gasteiger partial charge in [-0.15, -0.1) is 0 Å². The largest absolute Gasteiger partial charge is 0.479 e. The number of ether oxygens (including phenoxy) is 8. The van der Waals surface area contributed by atoms with Gasteiger partial charge < -0.3 is 89.0 Å². The highest BCUT2D eigenvalue weighted by molar-refractivity contribution is 5.82. The van der Waals surface area contributed by atoms with Crippen LogP contribution in [0.15, 0.2) is 11.6 Å². The van der Waals surface area contributed by atoms with Crippen LogP contribution in [0, 0.1) is 50.2 Å². The van der Waals surface area contributed by atoms with E-state index >= 15 is 0 Å². The summed E-state index contributed by atoms with van der Waals surface area (Å²) in [7, 11) is 0. The molecule has 0 radical (unpaired) electrons. The smallest absolute Gasteiger partial charge is 0.335 e. The Kier molecular flexibility index (Phi) is 13.6. The molecule has 0 unspecified atom stereocenters. The van der Waals surface area contributed by atoms with E-state index in [0.29, 0.717) is 25.7 Å². The number of allylic oxidation sites excluding steroid dienone is 1. The van der Waals surface area contributed by atoms with Crippen molar-refractivity contribution in [2.45, 2.75) is 204 Å². The molecule has 396 valence electrons. The van der Waals surface area contributed by atoms with Crippen molar-refractivity contribution in [3.63, 3.8) is 0 Å². The summed E-state index contributed by atoms with van der Waals surface area (Å²) in [6.45, 7) is 13.1. The van der Waals surface area contributed by atoms with Crippen LogP contribution in [0.2, 0.25) is 0 Å². The Morgan fingerprint density at radius 3 is 2.07 bits per heavy atom. The highest BCUT2D eigenvalue weighted by Crippen LogP contribution is 2.77. The molecule has 4 saturated carbocycles. The molecule has 70 heavy (non-hydrogen) atoms. The van der Waals surface area contributed by atoms with Gasteiger partial charge >= 0.3 is 17.9 Å². The van der Waals surface area contributed by atoms with E-state index in [4.69, 9.17) is 37.9 Å². The number of aliphatic hydroxyl groups is 9. The van der Waals surface area contributed by atoms with Gasteiger partial charge in [0.2, 0.25) is 0 Å². The first-order chi connectivity index (χ1) is 32.7. The molecule has 9 aliphatic rings. The van der Waals surface area contributed by atoms with Crippen LogP contribution in [-0.4, -0.2) is 193 Å². The highest BCUT2D eigenvalue weighted by Gasteiger charge is 2.76. The molecule has 4 heterocycles. The molecule has 0 aromatic carbocycles. The van der Waals surface area contributed by atoms with Crippen molar-refractivity contribution in [2.24, 2.45) is 50.2 Å². The lowest BCUT2D eigenvalue weighted by Crippen LogP contribution is -2.68. The summed E-state index contributed by atoms with van der Waals surface area (Å²) < 4.78 is 47.9. The van der Waals surface area contributed by atoms with Gasteiger partial charge in [0.25, 0.3) is 0 Å². The van der Waals surface area contributed by atoms with Crippen LogP contribution in [0.25, 0.3) is 0 Å². The first-order valence-electron chi connectivity index (χ1n) is 24.9. The maximum atomic E-state index is 14.2. The molecular formula is C49H74O21. The lowest BCUT2D eigenvalue weighted by molar-refractivity contribution is -0.392. The van der Waals surface area contributed by atoms with Crippen molar-refractivity contribution in [3.05, 3.63) is 11.6 Å². The fraction of sp³-hybridized carbons (Fsp3) is 0.898. The molecule has 5 aliphatic carbocycles. The van der Waals surface area contributed by atoms with Crippen molar-refractivity contribution in [1.29, 1.82) is 0 Å². The molecular weight excluding hydrogens is 925 g/mol. The minimum atomic E-state index is -2.07. The Hall–Kier alpha value is -2.45. The van der Waals surface area contributed by atoms with Gasteiger partial charge in [0.1, 0.15) is 67.1 Å². The van der Waals surface area contributed by atoms with Gasteiger partial charge in [-0.25, -0.2) is 4.79 Å². The standard InChI is InChI=1S/C49H74O21/c1-20(51)64-19-45(4)14-22-21-8-9-26-46(5)12-11-28(44(2,3)25(46)10-13-47(26,6)48(21,7)29-16-49(22,15-27(45)53)43(62)67-29)66-42-38(34(58)33(57)36(68-42)39(60)61)70-41-37(32(56)31(55)24(17-50)65-41)69-40-35(59)30(54)23(52)18-63-40/h8,22-38,40-42,50,52-59H,9-19H2,1-7H3,(H,60,61)/t22-,23+,24+,25-,26+,27-,28-,29+,30-,31+,32-,33-,34-,35+,36-,37+,38+,40-,41-,42+,45-,46-,47+,48-,49-/m0/s1. The van der Waals surface area contributed by atoms with Crippen molar-refractivity contribution in [1.82, 2.24) is 0 Å². The molecule has 8 fully saturated rings. The summed E-state index contributed by atoms with van der Waals surface area (Å²) in [4.78, 5) is 38.6. The second kappa shape index (κ2) is 18.1. The molecule has 4 aliphatic heterocycles. The van der Waals surface area contributed by atoms with Crippen LogP contribution < -0.4 is 0 Å². The second-order valence-electron chi connectivity index (χ2n) is 23.7. The number of carboxylic acids is 1. The SMILES string of the molecule is CC(=O)OC[C@]1(C)C[C@H]2C3=CC[C@@H]4[C@@]5(C)CC[C@H](O[C@@H]6O[C@H](C(=O)O)[C@@H](O)[C@H](O)[C@H]6O[C@@H]6O[C@H](CO)[C@@H](O)[C@H](O)[C@H]6O[C@@H]6OC[C@@H](O)[C@H](O)[C@H]6O)C(C)(C)[C@@H]5CC[C@@]4(C)[C@]3(C)[C@H]3C[C@]2(C[C@@H]1O)C(=O)O3. The zero-order chi connectivity index (χ0) is 51.0. The summed E-state index contributed by atoms with van der Waals surface area (Å²) in [5, 5.41) is 108. The molecule has 2 bridgehead atoms. The Morgan fingerprint density at radius 2 is 1.41 bits per heavy atom. The van der Waals surface area contributed by atoms with Gasteiger partial charge in [-0.05, 0) is 78.9 Å². The van der Waals surface area contributed by atoms with Crippen molar-refractivity contribution in [2.75, 3.05) is 19.8 Å². The fourth-order valence-electron chi connectivity index (χ4n) is 15.6. The normalized spacial score (nSPS) is 53.8. The first kappa shape index (κ1) is 52.4. The molecule has 0 aromatic heterocycles. The van der Waals surface area contributed by atoms with Gasteiger partial charge in [0.15, 0.2) is 25.0 Å². The Labute approximate surface area is 406 Å². The van der Waals surface area contributed by atoms with Crippen molar-refractivity contribution in [3.8, 4) is 0 Å². The molecule has 4 saturated heterocycles. The molecule has 10 N–H and O–H groups in total. The van der Waals surface area contributed by atoms with Gasteiger partial charge in [-0.1, -0.05) is 53.2 Å². The van der Waals surface area contributed by atoms with Crippen LogP contribution in [0.1, 0.15) is 99.8 Å². The zero-order valence-electron chi connectivity index (χ0n) is 40.9. The third kappa shape index (κ3) is 7.76. The van der Waals surface area contributed by atoms with Gasteiger partial charge in [-0.2, -0.15) is 0 Å². The number of hydrogen-bond acceptors (Lipinski definition) is 20. The second-order valence-corrected chi connectivity index (χ2v) is 23.7. The zero-order valence-corrected chi connectivity index (χ0v) is 40.9. The summed E-state index contributed by atoms with van der Waals surface area (Å²) in [6.07, 6.45) is -20.2. The summed E-state index contributed by atoms with van der Waals surface area (Å²) in [5.74, 6) is -2.42. The van der Waals surface area contributed by atoms with E-state index in [2.05, 4.69) is 40.7 Å². The summed E-state index contributed by atoms with van der Waals surface area (Å²) >= 11 is 0. The third-order valence-corrected chi connectivity index (χ3v) is 19.8. The van der Waals surface area contributed by atoms with Crippen LogP contribution in [0.5, 0.6) is 0 Å². The Bertz CT molecular complexity index is 2050. The minimum Gasteiger partial charge on any atom is -0.479 e. The fourth-order valence-corrected chi connectivity index (χ4v) is 15.6. The van der Waals surface area contributed by atoms with E-state index in [1.165, 1.54) is 12.5 Å². The predicted molar refractivity (Wildman–Crippen MR) is 235 cm³/mol. The third-order valence-electron chi connectivity index (χ3n) is 19.8. The van der Waals surface area contributed by atoms with E-state index in [1.807, 2.05) is 6.92 Å². The van der Waals surface area contributed by atoms with Gasteiger partial charge in [-0.3, -0.25) is 9.59 Å². The first-order valence-corrected chi connectivity index (χ1v) is 24.9. The quantitative estimate of drug-likeness (QED) is 0.0742. The lowest BCUT2D eigenvalue weighted by Gasteiger charge is -2.71. The van der Waals surface area contributed by atoms with Crippen molar-refractivity contribution < 1.29 is 103 Å². The number of fused-ring (bicyclic) bond motifs is 8. The number of carboxylic acid groups (broad SMARTS) is 1. The number of carbonyl (C=O) groups excluding carboxylic acids is 2. The van der Waals surface area contributed by atoms with E-state index in [-0.39, 0.29) is 47.6 Å². The maximum absolute atomic E-state index is 14.2. The molecule has 1 spiro atoms. The number of aliphatic hydroxyl groups excluding tert-OH is 9. The van der Waals surface area contributed by atoms with Crippen LogP contribution in [-0.2, 0) is 52.3 Å². The minimum absolute atomic E-state index is 0.00646.